The van der Waals surface area contributed by atoms with Crippen molar-refractivity contribution in [2.24, 2.45) is 0 Å². The maximum Gasteiger partial charge on any atom is 0.387 e. The third kappa shape index (κ3) is 7.02. The van der Waals surface area contributed by atoms with Crippen LogP contribution in [0, 0.1) is 6.92 Å². The molecule has 0 radical (unpaired) electrons. The summed E-state index contributed by atoms with van der Waals surface area (Å²) in [7, 11) is 0. The number of rotatable bonds is 8. The summed E-state index contributed by atoms with van der Waals surface area (Å²) >= 11 is 0. The molecule has 0 saturated heterocycles. The highest BCUT2D eigenvalue weighted by Crippen LogP contribution is 2.15. The molecular formula is C19H17F2NO6. The van der Waals surface area contributed by atoms with Gasteiger partial charge >= 0.3 is 12.6 Å². The van der Waals surface area contributed by atoms with Crippen LogP contribution in [0.5, 0.6) is 11.5 Å². The Morgan fingerprint density at radius 3 is 2.36 bits per heavy atom. The third-order valence-corrected chi connectivity index (χ3v) is 3.31. The summed E-state index contributed by atoms with van der Waals surface area (Å²) in [6, 6.07) is 11.8. The fraction of sp³-hybridized carbons (Fsp3) is 0.211. The van der Waals surface area contributed by atoms with E-state index in [1.165, 1.54) is 12.1 Å². The van der Waals surface area contributed by atoms with Crippen molar-refractivity contribution in [3.63, 3.8) is 0 Å². The predicted molar refractivity (Wildman–Crippen MR) is 93.2 cm³/mol. The van der Waals surface area contributed by atoms with Gasteiger partial charge in [-0.1, -0.05) is 12.1 Å². The van der Waals surface area contributed by atoms with Gasteiger partial charge in [0.15, 0.2) is 13.2 Å². The van der Waals surface area contributed by atoms with Gasteiger partial charge in [-0.15, -0.1) is 0 Å². The molecule has 2 rings (SSSR count). The van der Waals surface area contributed by atoms with Crippen LogP contribution in [0.25, 0.3) is 0 Å². The molecule has 28 heavy (non-hydrogen) atoms. The molecule has 0 aliphatic rings. The Morgan fingerprint density at radius 2 is 1.71 bits per heavy atom. The first-order valence-corrected chi connectivity index (χ1v) is 8.07. The monoisotopic (exact) mass is 393 g/mol. The Labute approximate surface area is 159 Å². The van der Waals surface area contributed by atoms with E-state index in [4.69, 9.17) is 9.47 Å². The molecule has 0 fully saturated rings. The number of hydrogen-bond donors (Lipinski definition) is 1. The van der Waals surface area contributed by atoms with E-state index in [0.29, 0.717) is 5.75 Å². The van der Waals surface area contributed by atoms with Gasteiger partial charge in [-0.2, -0.15) is 8.78 Å². The van der Waals surface area contributed by atoms with Crippen molar-refractivity contribution in [1.82, 2.24) is 5.32 Å². The van der Waals surface area contributed by atoms with Gasteiger partial charge in [0.05, 0.1) is 0 Å². The lowest BCUT2D eigenvalue weighted by molar-refractivity contribution is -0.150. The smallest absolute Gasteiger partial charge is 0.387 e. The number of carbonyl (C=O) groups excluding carboxylic acids is 3. The van der Waals surface area contributed by atoms with Crippen LogP contribution < -0.4 is 14.8 Å². The van der Waals surface area contributed by atoms with Gasteiger partial charge in [0.1, 0.15) is 11.5 Å². The summed E-state index contributed by atoms with van der Waals surface area (Å²) in [5.74, 6) is -2.05. The standard InChI is InChI=1S/C19H17F2NO6/c1-12-3-2-4-15(9-12)26-11-17(24)27-10-16(23)22-18(25)13-5-7-14(8-6-13)28-19(20)21/h2-9,19H,10-11H2,1H3,(H,22,23,25). The van der Waals surface area contributed by atoms with E-state index < -0.39 is 37.6 Å². The van der Waals surface area contributed by atoms with Gasteiger partial charge in [-0.05, 0) is 48.9 Å². The van der Waals surface area contributed by atoms with Crippen LogP contribution in [0.15, 0.2) is 48.5 Å². The van der Waals surface area contributed by atoms with Crippen molar-refractivity contribution in [1.29, 1.82) is 0 Å². The molecule has 1 N–H and O–H groups in total. The summed E-state index contributed by atoms with van der Waals surface area (Å²) in [6.45, 7) is -2.18. The Kier molecular flexibility index (Phi) is 7.44. The molecule has 0 heterocycles. The van der Waals surface area contributed by atoms with Crippen LogP contribution in [-0.4, -0.2) is 37.6 Å². The summed E-state index contributed by atoms with van der Waals surface area (Å²) in [6.07, 6.45) is 0. The lowest BCUT2D eigenvalue weighted by atomic mass is 10.2. The molecule has 2 aromatic carbocycles. The zero-order valence-corrected chi connectivity index (χ0v) is 14.8. The first kappa shape index (κ1) is 20.8. The molecule has 0 saturated carbocycles. The number of halogens is 2. The average Bonchev–Trinajstić information content (AvgIpc) is 2.65. The van der Waals surface area contributed by atoms with E-state index in [1.54, 1.807) is 18.2 Å². The van der Waals surface area contributed by atoms with Crippen molar-refractivity contribution in [3.05, 3.63) is 59.7 Å². The number of ether oxygens (including phenoxy) is 3. The maximum absolute atomic E-state index is 12.1. The highest BCUT2D eigenvalue weighted by molar-refractivity contribution is 6.05. The summed E-state index contributed by atoms with van der Waals surface area (Å²) in [5, 5.41) is 2.01. The fourth-order valence-corrected chi connectivity index (χ4v) is 2.06. The van der Waals surface area contributed by atoms with Crippen LogP contribution in [0.1, 0.15) is 15.9 Å². The number of amides is 2. The molecule has 0 atom stereocenters. The molecule has 0 unspecified atom stereocenters. The number of alkyl halides is 2. The summed E-state index contributed by atoms with van der Waals surface area (Å²) in [4.78, 5) is 35.2. The largest absolute Gasteiger partial charge is 0.482 e. The zero-order valence-electron chi connectivity index (χ0n) is 14.8. The van der Waals surface area contributed by atoms with Crippen LogP contribution >= 0.6 is 0 Å². The molecular weight excluding hydrogens is 376 g/mol. The first-order chi connectivity index (χ1) is 13.3. The molecule has 0 spiro atoms. The third-order valence-electron chi connectivity index (χ3n) is 3.31. The number of esters is 1. The number of nitrogens with one attached hydrogen (secondary N) is 1. The Balaban J connectivity index is 1.73. The van der Waals surface area contributed by atoms with Crippen molar-refractivity contribution < 1.29 is 37.4 Å². The Morgan fingerprint density at radius 1 is 1.00 bits per heavy atom. The van der Waals surface area contributed by atoms with E-state index >= 15 is 0 Å². The fourth-order valence-electron chi connectivity index (χ4n) is 2.06. The average molecular weight is 393 g/mol. The number of carbonyl (C=O) groups is 3. The van der Waals surface area contributed by atoms with Crippen molar-refractivity contribution in [3.8, 4) is 11.5 Å². The van der Waals surface area contributed by atoms with Gasteiger partial charge in [-0.3, -0.25) is 14.9 Å². The topological polar surface area (TPSA) is 90.9 Å². The SMILES string of the molecule is Cc1cccc(OCC(=O)OCC(=O)NC(=O)c2ccc(OC(F)F)cc2)c1. The van der Waals surface area contributed by atoms with Gasteiger partial charge in [0.25, 0.3) is 11.8 Å². The minimum absolute atomic E-state index is 0.0454. The first-order valence-electron chi connectivity index (χ1n) is 8.07. The lowest BCUT2D eigenvalue weighted by Gasteiger charge is -2.08. The molecule has 2 aromatic rings. The summed E-state index contributed by atoms with van der Waals surface area (Å²) < 4.78 is 38.3. The van der Waals surface area contributed by atoms with E-state index in [9.17, 15) is 23.2 Å². The summed E-state index contributed by atoms with van der Waals surface area (Å²) in [5.41, 5.74) is 1.00. The van der Waals surface area contributed by atoms with Crippen LogP contribution in [0.4, 0.5) is 8.78 Å². The number of imide groups is 1. The number of hydrogen-bond acceptors (Lipinski definition) is 6. The van der Waals surface area contributed by atoms with Gasteiger partial charge in [0, 0.05) is 5.56 Å². The second kappa shape index (κ2) is 10.0. The highest BCUT2D eigenvalue weighted by Gasteiger charge is 2.14. The molecule has 0 bridgehead atoms. The van der Waals surface area contributed by atoms with Crippen LogP contribution in [0.3, 0.4) is 0 Å². The molecule has 7 nitrogen and oxygen atoms in total. The quantitative estimate of drug-likeness (QED) is 0.693. The van der Waals surface area contributed by atoms with Gasteiger partial charge in [0.2, 0.25) is 0 Å². The maximum atomic E-state index is 12.1. The van der Waals surface area contributed by atoms with E-state index in [-0.39, 0.29) is 11.3 Å². The number of aryl methyl sites for hydroxylation is 1. The molecule has 2 amide bonds. The molecule has 0 aliphatic heterocycles. The second-order valence-electron chi connectivity index (χ2n) is 5.55. The van der Waals surface area contributed by atoms with E-state index in [2.05, 4.69) is 4.74 Å². The molecule has 0 aromatic heterocycles. The zero-order chi connectivity index (χ0) is 20.5. The normalized spacial score (nSPS) is 10.3. The molecule has 0 aliphatic carbocycles. The van der Waals surface area contributed by atoms with Crippen LogP contribution in [0.2, 0.25) is 0 Å². The second-order valence-corrected chi connectivity index (χ2v) is 5.55. The highest BCUT2D eigenvalue weighted by atomic mass is 19.3. The lowest BCUT2D eigenvalue weighted by Crippen LogP contribution is -2.34. The van der Waals surface area contributed by atoms with Crippen molar-refractivity contribution in [2.75, 3.05) is 13.2 Å². The predicted octanol–water partition coefficient (Wildman–Crippen LogP) is 2.48. The van der Waals surface area contributed by atoms with Crippen molar-refractivity contribution in [2.45, 2.75) is 13.5 Å². The Bertz CT molecular complexity index is 839. The van der Waals surface area contributed by atoms with Gasteiger partial charge in [-0.25, -0.2) is 4.79 Å². The van der Waals surface area contributed by atoms with E-state index in [0.717, 1.165) is 17.7 Å². The van der Waals surface area contributed by atoms with Crippen molar-refractivity contribution >= 4 is 17.8 Å². The molecule has 9 heteroatoms. The minimum atomic E-state index is -2.98. The van der Waals surface area contributed by atoms with Crippen LogP contribution in [-0.2, 0) is 14.3 Å². The molecule has 148 valence electrons. The number of benzene rings is 2. The van der Waals surface area contributed by atoms with Gasteiger partial charge < -0.3 is 14.2 Å². The van der Waals surface area contributed by atoms with E-state index in [1.807, 2.05) is 18.3 Å². The Hall–Kier alpha value is -3.49. The minimum Gasteiger partial charge on any atom is -0.482 e.